The van der Waals surface area contributed by atoms with Crippen LogP contribution >= 0.6 is 11.8 Å². The third-order valence-corrected chi connectivity index (χ3v) is 6.57. The van der Waals surface area contributed by atoms with Gasteiger partial charge in [-0.3, -0.25) is 0 Å². The second-order valence-electron chi connectivity index (χ2n) is 7.37. The van der Waals surface area contributed by atoms with Crippen LogP contribution in [0.15, 0.2) is 47.4 Å². The SMILES string of the molecule is Cc1ccc2c(C3CCCCC3)c(-c3ccccc3SCCO)[nH]c2c1. The van der Waals surface area contributed by atoms with Gasteiger partial charge in [0.1, 0.15) is 0 Å². The van der Waals surface area contributed by atoms with E-state index in [1.807, 2.05) is 0 Å². The number of benzene rings is 2. The number of H-pyrrole nitrogens is 1. The number of aromatic nitrogens is 1. The van der Waals surface area contributed by atoms with Gasteiger partial charge in [-0.25, -0.2) is 0 Å². The number of rotatable bonds is 5. The lowest BCUT2D eigenvalue weighted by atomic mass is 9.82. The zero-order chi connectivity index (χ0) is 17.9. The summed E-state index contributed by atoms with van der Waals surface area (Å²) in [7, 11) is 0. The van der Waals surface area contributed by atoms with Gasteiger partial charge in [-0.1, -0.05) is 49.6 Å². The molecule has 136 valence electrons. The van der Waals surface area contributed by atoms with E-state index in [-0.39, 0.29) is 6.61 Å². The van der Waals surface area contributed by atoms with Gasteiger partial charge in [0, 0.05) is 27.1 Å². The van der Waals surface area contributed by atoms with Crippen LogP contribution in [0.25, 0.3) is 22.2 Å². The van der Waals surface area contributed by atoms with Gasteiger partial charge in [-0.15, -0.1) is 11.8 Å². The second-order valence-corrected chi connectivity index (χ2v) is 8.50. The molecule has 3 heteroatoms. The molecule has 0 amide bonds. The Morgan fingerprint density at radius 3 is 2.69 bits per heavy atom. The molecule has 0 atom stereocenters. The maximum Gasteiger partial charge on any atom is 0.0525 e. The highest BCUT2D eigenvalue weighted by Crippen LogP contribution is 2.44. The molecule has 0 saturated heterocycles. The highest BCUT2D eigenvalue weighted by atomic mass is 32.2. The van der Waals surface area contributed by atoms with Gasteiger partial charge in [-0.2, -0.15) is 0 Å². The van der Waals surface area contributed by atoms with Crippen LogP contribution < -0.4 is 0 Å². The van der Waals surface area contributed by atoms with Crippen molar-refractivity contribution in [1.29, 1.82) is 0 Å². The number of hydrogen-bond donors (Lipinski definition) is 2. The van der Waals surface area contributed by atoms with Gasteiger partial charge >= 0.3 is 0 Å². The first kappa shape index (κ1) is 17.7. The third-order valence-electron chi connectivity index (χ3n) is 5.51. The summed E-state index contributed by atoms with van der Waals surface area (Å²) in [5.41, 5.74) is 6.63. The third kappa shape index (κ3) is 3.43. The maximum absolute atomic E-state index is 9.26. The van der Waals surface area contributed by atoms with Gasteiger partial charge in [-0.05, 0) is 48.9 Å². The van der Waals surface area contributed by atoms with Crippen LogP contribution in [0, 0.1) is 6.92 Å². The second kappa shape index (κ2) is 7.89. The highest BCUT2D eigenvalue weighted by molar-refractivity contribution is 7.99. The number of aliphatic hydroxyl groups excluding tert-OH is 1. The van der Waals surface area contributed by atoms with Crippen molar-refractivity contribution in [3.63, 3.8) is 0 Å². The standard InChI is InChI=1S/C23H27NOS/c1-16-11-12-18-20(15-16)24-23(22(18)17-7-3-2-4-8-17)19-9-5-6-10-21(19)26-14-13-25/h5-6,9-12,15,17,24-25H,2-4,7-8,13-14H2,1H3. The average Bonchev–Trinajstić information content (AvgIpc) is 3.05. The van der Waals surface area contributed by atoms with Crippen LogP contribution in [0.1, 0.15) is 49.1 Å². The molecule has 0 aliphatic heterocycles. The van der Waals surface area contributed by atoms with Crippen molar-refractivity contribution < 1.29 is 5.11 Å². The fourth-order valence-corrected chi connectivity index (χ4v) is 5.13. The molecule has 3 aromatic rings. The van der Waals surface area contributed by atoms with E-state index in [0.717, 1.165) is 5.75 Å². The molecule has 4 rings (SSSR count). The fraction of sp³-hybridized carbons (Fsp3) is 0.391. The Kier molecular flexibility index (Phi) is 5.37. The molecule has 2 aromatic carbocycles. The molecule has 1 aliphatic rings. The van der Waals surface area contributed by atoms with E-state index < -0.39 is 0 Å². The minimum absolute atomic E-state index is 0.209. The lowest BCUT2D eigenvalue weighted by molar-refractivity contribution is 0.322. The predicted octanol–water partition coefficient (Wildman–Crippen LogP) is 6.28. The fourth-order valence-electron chi connectivity index (χ4n) is 4.32. The van der Waals surface area contributed by atoms with Crippen LogP contribution in [0.2, 0.25) is 0 Å². The monoisotopic (exact) mass is 365 g/mol. The first-order chi connectivity index (χ1) is 12.8. The van der Waals surface area contributed by atoms with Crippen LogP contribution in [0.4, 0.5) is 0 Å². The molecule has 1 saturated carbocycles. The number of thioether (sulfide) groups is 1. The summed E-state index contributed by atoms with van der Waals surface area (Å²) in [5, 5.41) is 10.7. The summed E-state index contributed by atoms with van der Waals surface area (Å²) < 4.78 is 0. The summed E-state index contributed by atoms with van der Waals surface area (Å²) in [5.74, 6) is 1.38. The smallest absolute Gasteiger partial charge is 0.0525 e. The number of aromatic amines is 1. The Morgan fingerprint density at radius 1 is 1.08 bits per heavy atom. The number of hydrogen-bond acceptors (Lipinski definition) is 2. The first-order valence-electron chi connectivity index (χ1n) is 9.73. The van der Waals surface area contributed by atoms with Crippen molar-refractivity contribution in [1.82, 2.24) is 4.98 Å². The summed E-state index contributed by atoms with van der Waals surface area (Å²) in [6.45, 7) is 2.37. The van der Waals surface area contributed by atoms with Gasteiger partial charge in [0.15, 0.2) is 0 Å². The van der Waals surface area contributed by atoms with Crippen molar-refractivity contribution in [2.75, 3.05) is 12.4 Å². The Bertz CT molecular complexity index is 892. The minimum atomic E-state index is 0.209. The Labute approximate surface area is 160 Å². The molecular formula is C23H27NOS. The number of aryl methyl sites for hydroxylation is 1. The van der Waals surface area contributed by atoms with E-state index in [9.17, 15) is 5.11 Å². The van der Waals surface area contributed by atoms with Crippen molar-refractivity contribution in [3.05, 3.63) is 53.6 Å². The van der Waals surface area contributed by atoms with Crippen molar-refractivity contribution in [2.45, 2.75) is 49.8 Å². The van der Waals surface area contributed by atoms with Crippen LogP contribution in [-0.4, -0.2) is 22.5 Å². The van der Waals surface area contributed by atoms with E-state index in [1.54, 1.807) is 11.8 Å². The van der Waals surface area contributed by atoms with Crippen LogP contribution in [0.5, 0.6) is 0 Å². The largest absolute Gasteiger partial charge is 0.396 e. The van der Waals surface area contributed by atoms with Crippen molar-refractivity contribution in [2.24, 2.45) is 0 Å². The van der Waals surface area contributed by atoms with E-state index >= 15 is 0 Å². The number of fused-ring (bicyclic) bond motifs is 1. The molecule has 2 nitrogen and oxygen atoms in total. The van der Waals surface area contributed by atoms with Crippen molar-refractivity contribution >= 4 is 22.7 Å². The normalized spacial score (nSPS) is 15.6. The molecule has 0 bridgehead atoms. The predicted molar refractivity (Wildman–Crippen MR) is 112 cm³/mol. The molecule has 0 unspecified atom stereocenters. The molecule has 1 fully saturated rings. The molecule has 0 spiro atoms. The summed E-state index contributed by atoms with van der Waals surface area (Å²) in [4.78, 5) is 5.01. The Hall–Kier alpha value is -1.71. The number of aliphatic hydroxyl groups is 1. The van der Waals surface area contributed by atoms with E-state index in [0.29, 0.717) is 5.92 Å². The molecule has 26 heavy (non-hydrogen) atoms. The summed E-state index contributed by atoms with van der Waals surface area (Å²) in [6, 6.07) is 15.4. The number of nitrogens with one attached hydrogen (secondary N) is 1. The summed E-state index contributed by atoms with van der Waals surface area (Å²) >= 11 is 1.74. The zero-order valence-electron chi connectivity index (χ0n) is 15.4. The first-order valence-corrected chi connectivity index (χ1v) is 10.7. The molecule has 2 N–H and O–H groups in total. The highest BCUT2D eigenvalue weighted by Gasteiger charge is 2.24. The average molecular weight is 366 g/mol. The van der Waals surface area contributed by atoms with Gasteiger partial charge in [0.2, 0.25) is 0 Å². The lowest BCUT2D eigenvalue weighted by Gasteiger charge is -2.23. The molecule has 1 heterocycles. The van der Waals surface area contributed by atoms with Gasteiger partial charge in [0.05, 0.1) is 12.3 Å². The molecular weight excluding hydrogens is 338 g/mol. The van der Waals surface area contributed by atoms with Crippen LogP contribution in [0.3, 0.4) is 0 Å². The summed E-state index contributed by atoms with van der Waals surface area (Å²) in [6.07, 6.45) is 6.63. The maximum atomic E-state index is 9.26. The van der Waals surface area contributed by atoms with Crippen molar-refractivity contribution in [3.8, 4) is 11.3 Å². The van der Waals surface area contributed by atoms with E-state index in [1.165, 1.54) is 70.3 Å². The quantitative estimate of drug-likeness (QED) is 0.522. The van der Waals surface area contributed by atoms with E-state index in [2.05, 4.69) is 54.4 Å². The Balaban J connectivity index is 1.89. The lowest BCUT2D eigenvalue weighted by Crippen LogP contribution is -2.05. The molecule has 1 aromatic heterocycles. The van der Waals surface area contributed by atoms with Gasteiger partial charge < -0.3 is 10.1 Å². The zero-order valence-corrected chi connectivity index (χ0v) is 16.2. The van der Waals surface area contributed by atoms with Crippen LogP contribution in [-0.2, 0) is 0 Å². The minimum Gasteiger partial charge on any atom is -0.396 e. The topological polar surface area (TPSA) is 36.0 Å². The van der Waals surface area contributed by atoms with Gasteiger partial charge in [0.25, 0.3) is 0 Å². The molecule has 0 radical (unpaired) electrons. The molecule has 1 aliphatic carbocycles. The van der Waals surface area contributed by atoms with E-state index in [4.69, 9.17) is 0 Å². The Morgan fingerprint density at radius 2 is 1.88 bits per heavy atom.